The molecule has 5 heteroatoms. The number of hydrogen-bond acceptors (Lipinski definition) is 2. The van der Waals surface area contributed by atoms with Crippen LogP contribution in [0, 0.1) is 18.6 Å². The van der Waals surface area contributed by atoms with Crippen LogP contribution in [0.15, 0.2) is 12.1 Å². The Morgan fingerprint density at radius 1 is 1.08 bits per heavy atom. The monoisotopic (exact) mass is 354 g/mol. The van der Waals surface area contributed by atoms with E-state index in [9.17, 15) is 13.6 Å². The molecule has 1 amide bonds. The highest BCUT2D eigenvalue weighted by Gasteiger charge is 2.19. The molecule has 142 valence electrons. The molecule has 0 radical (unpaired) electrons. The van der Waals surface area contributed by atoms with E-state index in [-0.39, 0.29) is 5.91 Å². The average Bonchev–Trinajstić information content (AvgIpc) is 2.61. The largest absolute Gasteiger partial charge is 0.356 e. The first kappa shape index (κ1) is 21.6. The van der Waals surface area contributed by atoms with Gasteiger partial charge in [0.1, 0.15) is 0 Å². The first-order chi connectivity index (χ1) is 12.0. The maximum Gasteiger partial charge on any atom is 0.219 e. The Morgan fingerprint density at radius 3 is 2.16 bits per heavy atom. The Kier molecular flexibility index (Phi) is 10.3. The van der Waals surface area contributed by atoms with Crippen molar-refractivity contribution in [2.24, 2.45) is 5.73 Å². The summed E-state index contributed by atoms with van der Waals surface area (Å²) in [5.74, 6) is -0.784. The molecule has 1 saturated heterocycles. The number of carbonyl (C=O) groups excluding carboxylic acids is 1. The summed E-state index contributed by atoms with van der Waals surface area (Å²) in [6, 6.07) is 2.71. The second kappa shape index (κ2) is 12.0. The van der Waals surface area contributed by atoms with Gasteiger partial charge in [-0.25, -0.2) is 8.78 Å². The molecule has 1 aromatic rings. The van der Waals surface area contributed by atoms with Gasteiger partial charge in [0.15, 0.2) is 11.6 Å². The fraction of sp³-hybridized carbons (Fsp3) is 0.650. The SMILES string of the molecule is CCN.Cc1cc(F)c(F)cc1C1CCCCC1.O=C1CCCCN1. The van der Waals surface area contributed by atoms with E-state index in [4.69, 9.17) is 5.73 Å². The molecule has 1 heterocycles. The van der Waals surface area contributed by atoms with Crippen LogP contribution in [0.4, 0.5) is 8.78 Å². The molecule has 1 aliphatic carbocycles. The molecular weight excluding hydrogens is 322 g/mol. The normalized spacial score (nSPS) is 17.6. The van der Waals surface area contributed by atoms with Crippen molar-refractivity contribution in [3.63, 3.8) is 0 Å². The summed E-state index contributed by atoms with van der Waals surface area (Å²) in [7, 11) is 0. The minimum Gasteiger partial charge on any atom is -0.356 e. The Hall–Kier alpha value is -1.49. The summed E-state index contributed by atoms with van der Waals surface area (Å²) in [6.45, 7) is 5.41. The minimum atomic E-state index is -0.730. The second-order valence-corrected chi connectivity index (χ2v) is 6.67. The van der Waals surface area contributed by atoms with Crippen LogP contribution in [0.3, 0.4) is 0 Å². The predicted octanol–water partition coefficient (Wildman–Crippen LogP) is 4.57. The van der Waals surface area contributed by atoms with Gasteiger partial charge in [-0.05, 0) is 68.3 Å². The topological polar surface area (TPSA) is 55.1 Å². The van der Waals surface area contributed by atoms with E-state index in [0.717, 1.165) is 56.3 Å². The maximum atomic E-state index is 13.1. The van der Waals surface area contributed by atoms with Gasteiger partial charge in [-0.15, -0.1) is 0 Å². The van der Waals surface area contributed by atoms with Crippen LogP contribution < -0.4 is 11.1 Å². The summed E-state index contributed by atoms with van der Waals surface area (Å²) in [5, 5.41) is 2.74. The number of rotatable bonds is 1. The molecular formula is C20H32F2N2O. The van der Waals surface area contributed by atoms with Gasteiger partial charge in [-0.2, -0.15) is 0 Å². The summed E-state index contributed by atoms with van der Waals surface area (Å²) in [4.78, 5) is 10.4. The number of hydrogen-bond donors (Lipinski definition) is 2. The molecule has 0 bridgehead atoms. The van der Waals surface area contributed by atoms with Crippen molar-refractivity contribution in [1.29, 1.82) is 0 Å². The van der Waals surface area contributed by atoms with E-state index < -0.39 is 11.6 Å². The van der Waals surface area contributed by atoms with Gasteiger partial charge < -0.3 is 11.1 Å². The third kappa shape index (κ3) is 7.95. The van der Waals surface area contributed by atoms with Gasteiger partial charge in [-0.3, -0.25) is 4.79 Å². The van der Waals surface area contributed by atoms with Gasteiger partial charge in [0, 0.05) is 13.0 Å². The highest BCUT2D eigenvalue weighted by molar-refractivity contribution is 5.76. The number of benzene rings is 1. The lowest BCUT2D eigenvalue weighted by Crippen LogP contribution is -2.28. The number of amides is 1. The Morgan fingerprint density at radius 2 is 1.68 bits per heavy atom. The van der Waals surface area contributed by atoms with Gasteiger partial charge in [0.2, 0.25) is 5.91 Å². The predicted molar refractivity (Wildman–Crippen MR) is 98.5 cm³/mol. The number of nitrogens with two attached hydrogens (primary N) is 1. The van der Waals surface area contributed by atoms with Crippen molar-refractivity contribution in [2.75, 3.05) is 13.1 Å². The highest BCUT2D eigenvalue weighted by Crippen LogP contribution is 2.34. The summed E-state index contributed by atoms with van der Waals surface area (Å²) in [5.41, 5.74) is 6.74. The molecule has 3 rings (SSSR count). The van der Waals surface area contributed by atoms with Gasteiger partial charge in [0.05, 0.1) is 0 Å². The number of nitrogens with one attached hydrogen (secondary N) is 1. The number of halogens is 2. The van der Waals surface area contributed by atoms with E-state index in [0.29, 0.717) is 5.92 Å². The van der Waals surface area contributed by atoms with Crippen LogP contribution in [0.2, 0.25) is 0 Å². The number of carbonyl (C=O) groups is 1. The van der Waals surface area contributed by atoms with E-state index >= 15 is 0 Å². The van der Waals surface area contributed by atoms with Crippen molar-refractivity contribution in [3.05, 3.63) is 34.9 Å². The zero-order chi connectivity index (χ0) is 18.7. The van der Waals surface area contributed by atoms with Gasteiger partial charge >= 0.3 is 0 Å². The van der Waals surface area contributed by atoms with Crippen LogP contribution in [0.1, 0.15) is 75.3 Å². The van der Waals surface area contributed by atoms with Crippen molar-refractivity contribution < 1.29 is 13.6 Å². The van der Waals surface area contributed by atoms with Crippen LogP contribution in [0.25, 0.3) is 0 Å². The number of aryl methyl sites for hydroxylation is 1. The van der Waals surface area contributed by atoms with Crippen molar-refractivity contribution >= 4 is 5.91 Å². The molecule has 1 aliphatic heterocycles. The molecule has 3 nitrogen and oxygen atoms in total. The Labute approximate surface area is 150 Å². The molecule has 2 aliphatic rings. The summed E-state index contributed by atoms with van der Waals surface area (Å²) >= 11 is 0. The molecule has 1 aromatic carbocycles. The Balaban J connectivity index is 0.000000260. The van der Waals surface area contributed by atoms with Crippen LogP contribution in [0.5, 0.6) is 0 Å². The second-order valence-electron chi connectivity index (χ2n) is 6.67. The summed E-state index contributed by atoms with van der Waals surface area (Å²) in [6.07, 6.45) is 8.90. The van der Waals surface area contributed by atoms with Gasteiger partial charge in [-0.1, -0.05) is 26.2 Å². The molecule has 1 saturated carbocycles. The highest BCUT2D eigenvalue weighted by atomic mass is 19.2. The minimum absolute atomic E-state index is 0.214. The molecule has 0 unspecified atom stereocenters. The van der Waals surface area contributed by atoms with Gasteiger partial charge in [0.25, 0.3) is 0 Å². The quantitative estimate of drug-likeness (QED) is 0.776. The fourth-order valence-corrected chi connectivity index (χ4v) is 3.24. The lowest BCUT2D eigenvalue weighted by atomic mass is 9.82. The van der Waals surface area contributed by atoms with Crippen molar-refractivity contribution in [3.8, 4) is 0 Å². The zero-order valence-corrected chi connectivity index (χ0v) is 15.5. The van der Waals surface area contributed by atoms with E-state index in [1.165, 1.54) is 31.4 Å². The molecule has 2 fully saturated rings. The molecule has 25 heavy (non-hydrogen) atoms. The fourth-order valence-electron chi connectivity index (χ4n) is 3.24. The zero-order valence-electron chi connectivity index (χ0n) is 15.5. The lowest BCUT2D eigenvalue weighted by molar-refractivity contribution is -0.122. The third-order valence-electron chi connectivity index (χ3n) is 4.51. The first-order valence-corrected chi connectivity index (χ1v) is 9.41. The van der Waals surface area contributed by atoms with E-state index in [1.54, 1.807) is 0 Å². The van der Waals surface area contributed by atoms with Crippen LogP contribution in [-0.2, 0) is 4.79 Å². The van der Waals surface area contributed by atoms with Crippen molar-refractivity contribution in [1.82, 2.24) is 5.32 Å². The first-order valence-electron chi connectivity index (χ1n) is 9.41. The molecule has 0 spiro atoms. The third-order valence-corrected chi connectivity index (χ3v) is 4.51. The van der Waals surface area contributed by atoms with Crippen LogP contribution in [-0.4, -0.2) is 19.0 Å². The molecule has 0 aromatic heterocycles. The standard InChI is InChI=1S/C13H16F2.C5H9NO.C2H7N/c1-9-7-12(14)13(15)8-11(9)10-5-3-2-4-6-10;7-5-3-1-2-4-6-5;1-2-3/h7-8,10H,2-6H2,1H3;1-4H2,(H,6,7);2-3H2,1H3. The summed E-state index contributed by atoms with van der Waals surface area (Å²) < 4.78 is 26.1. The van der Waals surface area contributed by atoms with Crippen molar-refractivity contribution in [2.45, 2.75) is 71.1 Å². The smallest absolute Gasteiger partial charge is 0.219 e. The maximum absolute atomic E-state index is 13.1. The molecule has 3 N–H and O–H groups in total. The van der Waals surface area contributed by atoms with E-state index in [1.807, 2.05) is 13.8 Å². The van der Waals surface area contributed by atoms with Crippen LogP contribution >= 0.6 is 0 Å². The average molecular weight is 354 g/mol. The van der Waals surface area contributed by atoms with E-state index in [2.05, 4.69) is 5.32 Å². The lowest BCUT2D eigenvalue weighted by Gasteiger charge is -2.23. The number of piperidine rings is 1. The molecule has 0 atom stereocenters. The Bertz CT molecular complexity index is 521.